The van der Waals surface area contributed by atoms with Crippen molar-refractivity contribution in [3.8, 4) is 0 Å². The molecule has 0 aromatic heterocycles. The third kappa shape index (κ3) is 61.9. The van der Waals surface area contributed by atoms with Gasteiger partial charge in [-0.25, -0.2) is 25.3 Å². The summed E-state index contributed by atoms with van der Waals surface area (Å²) in [5.74, 6) is -0.578. The van der Waals surface area contributed by atoms with Crippen molar-refractivity contribution in [2.45, 2.75) is 175 Å². The van der Waals surface area contributed by atoms with E-state index in [2.05, 4.69) is 20.8 Å². The Morgan fingerprint density at radius 1 is 0.302 bits per heavy atom. The Morgan fingerprint density at radius 2 is 0.442 bits per heavy atom. The monoisotopic (exact) mass is 690 g/mol. The second-order valence-corrected chi connectivity index (χ2v) is 15.8. The Balaban J connectivity index is -0.000000262. The molecule has 0 fully saturated rings. The fourth-order valence-corrected chi connectivity index (χ4v) is 5.91. The minimum Gasteiger partial charge on any atom is -0.748 e. The summed E-state index contributed by atoms with van der Waals surface area (Å²) in [6.07, 6.45) is 26.0. The molecule has 0 aliphatic rings. The molecule has 0 rings (SSSR count). The van der Waals surface area contributed by atoms with Crippen LogP contribution in [0.3, 0.4) is 0 Å². The van der Waals surface area contributed by atoms with Gasteiger partial charge >= 0.3 is 17.4 Å². The molecular weight excluding hydrogens is 628 g/mol. The van der Waals surface area contributed by atoms with Crippen LogP contribution in [0.5, 0.6) is 0 Å². The molecule has 0 aromatic carbocycles. The molecule has 0 spiro atoms. The van der Waals surface area contributed by atoms with Crippen LogP contribution in [0, 0.1) is 0 Å². The molecule has 0 aliphatic carbocycles. The predicted molar refractivity (Wildman–Crippen MR) is 177 cm³/mol. The average Bonchev–Trinajstić information content (AvgIpc) is 2.88. The number of unbranched alkanes of at least 4 members (excludes halogenated alkanes) is 21. The topological polar surface area (TPSA) is 172 Å². The van der Waals surface area contributed by atoms with Gasteiger partial charge in [0.25, 0.3) is 0 Å². The van der Waals surface area contributed by atoms with Crippen LogP contribution in [-0.2, 0) is 30.4 Å². The third-order valence-corrected chi connectivity index (χ3v) is 9.11. The van der Waals surface area contributed by atoms with E-state index in [-0.39, 0.29) is 34.6 Å². The Labute approximate surface area is 277 Å². The normalized spacial score (nSPS) is 11.6. The first-order valence-corrected chi connectivity index (χ1v) is 21.2. The van der Waals surface area contributed by atoms with E-state index >= 15 is 0 Å². The molecule has 0 atom stereocenters. The van der Waals surface area contributed by atoms with Crippen LogP contribution in [0.15, 0.2) is 0 Å². The van der Waals surface area contributed by atoms with E-state index in [0.717, 1.165) is 38.5 Å². The van der Waals surface area contributed by atoms with Crippen molar-refractivity contribution in [1.82, 2.24) is 0 Å². The van der Waals surface area contributed by atoms with Crippen molar-refractivity contribution in [2.24, 2.45) is 0 Å². The number of hydrogen-bond acceptors (Lipinski definition) is 9. The van der Waals surface area contributed by atoms with Gasteiger partial charge in [0.1, 0.15) is 0 Å². The van der Waals surface area contributed by atoms with Gasteiger partial charge in [0.05, 0.1) is 30.4 Å². The smallest absolute Gasteiger partial charge is 0.748 e. The Bertz CT molecular complexity index is 749. The van der Waals surface area contributed by atoms with Crippen LogP contribution >= 0.6 is 0 Å². The Hall–Kier alpha value is 0.262. The summed E-state index contributed by atoms with van der Waals surface area (Å²) in [4.78, 5) is 0. The molecule has 9 nitrogen and oxygen atoms in total. The van der Waals surface area contributed by atoms with Gasteiger partial charge in [0, 0.05) is 17.3 Å². The van der Waals surface area contributed by atoms with Crippen LogP contribution in [0.1, 0.15) is 175 Å². The fourth-order valence-electron chi connectivity index (χ4n) is 4.24. The maximum Gasteiger partial charge on any atom is 3.00 e. The quantitative estimate of drug-likeness (QED) is 0.0477. The summed E-state index contributed by atoms with van der Waals surface area (Å²) in [5, 5.41) is 0. The summed E-state index contributed by atoms with van der Waals surface area (Å²) in [6, 6.07) is 0. The van der Waals surface area contributed by atoms with Gasteiger partial charge < -0.3 is 13.7 Å². The molecular formula is C30H63AlO9S3. The van der Waals surface area contributed by atoms with Crippen molar-refractivity contribution in [1.29, 1.82) is 0 Å². The first-order chi connectivity index (χ1) is 19.7. The van der Waals surface area contributed by atoms with Crippen LogP contribution in [0.25, 0.3) is 0 Å². The predicted octanol–water partition coefficient (Wildman–Crippen LogP) is 7.64. The Kier molecular flexibility index (Phi) is 40.9. The minimum atomic E-state index is -3.98. The van der Waals surface area contributed by atoms with Gasteiger partial charge in [-0.3, -0.25) is 0 Å². The van der Waals surface area contributed by atoms with Crippen molar-refractivity contribution >= 4 is 47.7 Å². The zero-order chi connectivity index (χ0) is 32.6. The molecule has 0 aromatic rings. The van der Waals surface area contributed by atoms with E-state index in [1.807, 2.05) is 0 Å². The van der Waals surface area contributed by atoms with Gasteiger partial charge in [0.15, 0.2) is 0 Å². The molecule has 13 heteroatoms. The van der Waals surface area contributed by atoms with Crippen LogP contribution in [0.4, 0.5) is 0 Å². The standard InChI is InChI=1S/3C10H22O3S.Al/c3*1-2-3-4-5-6-7-8-9-10-14(11,12)13;/h3*2-10H2,1H3,(H,11,12,13);/q;;;+3/p-3. The molecule has 43 heavy (non-hydrogen) atoms. The first kappa shape index (κ1) is 50.1. The Morgan fingerprint density at radius 3 is 0.581 bits per heavy atom. The second kappa shape index (κ2) is 35.1. The van der Waals surface area contributed by atoms with Crippen molar-refractivity contribution in [3.63, 3.8) is 0 Å². The van der Waals surface area contributed by atoms with Crippen molar-refractivity contribution < 1.29 is 38.9 Å². The molecule has 0 saturated carbocycles. The molecule has 258 valence electrons. The molecule has 0 bridgehead atoms. The van der Waals surface area contributed by atoms with Crippen molar-refractivity contribution in [2.75, 3.05) is 17.3 Å². The van der Waals surface area contributed by atoms with Crippen LogP contribution < -0.4 is 0 Å². The van der Waals surface area contributed by atoms with E-state index in [4.69, 9.17) is 0 Å². The molecule has 0 unspecified atom stereocenters. The van der Waals surface area contributed by atoms with Gasteiger partial charge in [-0.1, -0.05) is 156 Å². The molecule has 0 aliphatic heterocycles. The molecule has 0 amide bonds. The molecule has 0 N–H and O–H groups in total. The average molecular weight is 691 g/mol. The van der Waals surface area contributed by atoms with E-state index in [9.17, 15) is 38.9 Å². The maximum absolute atomic E-state index is 10.2. The summed E-state index contributed by atoms with van der Waals surface area (Å²) < 4.78 is 92.2. The van der Waals surface area contributed by atoms with Gasteiger partial charge in [-0.05, 0) is 19.3 Å². The minimum absolute atomic E-state index is 0. The van der Waals surface area contributed by atoms with E-state index in [1.54, 1.807) is 0 Å². The van der Waals surface area contributed by atoms with E-state index in [0.29, 0.717) is 19.3 Å². The van der Waals surface area contributed by atoms with Gasteiger partial charge in [0.2, 0.25) is 0 Å². The third-order valence-electron chi connectivity index (χ3n) is 6.74. The van der Waals surface area contributed by atoms with Crippen molar-refractivity contribution in [3.05, 3.63) is 0 Å². The molecule has 0 radical (unpaired) electrons. The molecule has 0 saturated heterocycles. The van der Waals surface area contributed by atoms with E-state index in [1.165, 1.54) is 96.3 Å². The zero-order valence-corrected chi connectivity index (χ0v) is 31.2. The van der Waals surface area contributed by atoms with E-state index < -0.39 is 30.4 Å². The number of hydrogen-bond donors (Lipinski definition) is 0. The number of rotatable bonds is 27. The largest absolute Gasteiger partial charge is 3.00 e. The maximum atomic E-state index is 10.2. The summed E-state index contributed by atoms with van der Waals surface area (Å²) in [6.45, 7) is 6.54. The zero-order valence-electron chi connectivity index (χ0n) is 27.6. The van der Waals surface area contributed by atoms with Gasteiger partial charge in [-0.15, -0.1) is 0 Å². The second-order valence-electron chi connectivity index (χ2n) is 11.2. The first-order valence-electron chi connectivity index (χ1n) is 16.5. The summed E-state index contributed by atoms with van der Waals surface area (Å²) >= 11 is 0. The van der Waals surface area contributed by atoms with Crippen LogP contribution in [0.2, 0.25) is 0 Å². The fraction of sp³-hybridized carbons (Fsp3) is 1.00. The summed E-state index contributed by atoms with van der Waals surface area (Å²) in [5.41, 5.74) is 0. The molecule has 0 heterocycles. The van der Waals surface area contributed by atoms with Crippen LogP contribution in [-0.4, -0.2) is 73.5 Å². The summed E-state index contributed by atoms with van der Waals surface area (Å²) in [7, 11) is -11.9. The van der Waals surface area contributed by atoms with Gasteiger partial charge in [-0.2, -0.15) is 0 Å². The SMILES string of the molecule is CCCCCCCCCCS(=O)(=O)[O-].CCCCCCCCCCS(=O)(=O)[O-].CCCCCCCCCCS(=O)(=O)[O-].[Al+3].